The summed E-state index contributed by atoms with van der Waals surface area (Å²) < 4.78 is 1.86. The SMILES string of the molecule is Cc1nc2ccc(NC(=O)c3cc(Br)ccc3N)cc2s1. The molecule has 1 heterocycles. The summed E-state index contributed by atoms with van der Waals surface area (Å²) >= 11 is 4.94. The number of anilines is 2. The maximum Gasteiger partial charge on any atom is 0.257 e. The van der Waals surface area contributed by atoms with Gasteiger partial charge in [-0.15, -0.1) is 11.3 Å². The van der Waals surface area contributed by atoms with Crippen molar-refractivity contribution < 1.29 is 4.79 Å². The second-order valence-electron chi connectivity index (χ2n) is 4.60. The summed E-state index contributed by atoms with van der Waals surface area (Å²) in [5.41, 5.74) is 8.42. The molecule has 0 atom stereocenters. The number of aryl methyl sites for hydroxylation is 1. The van der Waals surface area contributed by atoms with Crippen molar-refractivity contribution in [3.05, 3.63) is 51.4 Å². The van der Waals surface area contributed by atoms with E-state index in [9.17, 15) is 4.79 Å². The Morgan fingerprint density at radius 2 is 2.10 bits per heavy atom. The number of nitrogens with zero attached hydrogens (tertiary/aromatic N) is 1. The number of halogens is 1. The summed E-state index contributed by atoms with van der Waals surface area (Å²) in [6, 6.07) is 10.9. The number of carbonyl (C=O) groups is 1. The fourth-order valence-electron chi connectivity index (χ4n) is 2.04. The van der Waals surface area contributed by atoms with Crippen molar-refractivity contribution >= 4 is 54.8 Å². The third-order valence-corrected chi connectivity index (χ3v) is 4.44. The van der Waals surface area contributed by atoms with E-state index >= 15 is 0 Å². The van der Waals surface area contributed by atoms with Crippen LogP contribution in [0.15, 0.2) is 40.9 Å². The maximum atomic E-state index is 12.3. The number of fused-ring (bicyclic) bond motifs is 1. The Balaban J connectivity index is 1.90. The molecule has 0 bridgehead atoms. The zero-order valence-electron chi connectivity index (χ0n) is 11.2. The number of nitrogen functional groups attached to an aromatic ring is 1. The van der Waals surface area contributed by atoms with Crippen LogP contribution in [-0.4, -0.2) is 10.9 Å². The Bertz CT molecular complexity index is 844. The monoisotopic (exact) mass is 361 g/mol. The van der Waals surface area contributed by atoms with Crippen molar-refractivity contribution in [3.8, 4) is 0 Å². The number of amides is 1. The van der Waals surface area contributed by atoms with Crippen molar-refractivity contribution in [2.45, 2.75) is 6.92 Å². The lowest BCUT2D eigenvalue weighted by Gasteiger charge is -2.08. The molecule has 1 amide bonds. The van der Waals surface area contributed by atoms with Gasteiger partial charge in [-0.25, -0.2) is 4.98 Å². The second kappa shape index (κ2) is 5.46. The molecule has 0 spiro atoms. The Morgan fingerprint density at radius 3 is 2.90 bits per heavy atom. The highest BCUT2D eigenvalue weighted by Crippen LogP contribution is 2.26. The van der Waals surface area contributed by atoms with Crippen molar-refractivity contribution in [1.29, 1.82) is 0 Å². The summed E-state index contributed by atoms with van der Waals surface area (Å²) in [5.74, 6) is -0.227. The van der Waals surface area contributed by atoms with Crippen molar-refractivity contribution in [2.75, 3.05) is 11.1 Å². The minimum atomic E-state index is -0.227. The maximum absolute atomic E-state index is 12.3. The van der Waals surface area contributed by atoms with E-state index in [0.717, 1.165) is 25.4 Å². The van der Waals surface area contributed by atoms with Crippen LogP contribution < -0.4 is 11.1 Å². The van der Waals surface area contributed by atoms with E-state index in [1.165, 1.54) is 0 Å². The zero-order valence-corrected chi connectivity index (χ0v) is 13.6. The van der Waals surface area contributed by atoms with Gasteiger partial charge in [0.05, 0.1) is 20.8 Å². The van der Waals surface area contributed by atoms with Gasteiger partial charge in [0.15, 0.2) is 0 Å². The number of thiazole rings is 1. The first-order chi connectivity index (χ1) is 10.0. The molecule has 0 radical (unpaired) electrons. The van der Waals surface area contributed by atoms with Crippen LogP contribution >= 0.6 is 27.3 Å². The van der Waals surface area contributed by atoms with Gasteiger partial charge in [-0.1, -0.05) is 15.9 Å². The van der Waals surface area contributed by atoms with Gasteiger partial charge in [-0.05, 0) is 43.3 Å². The zero-order chi connectivity index (χ0) is 15.0. The lowest BCUT2D eigenvalue weighted by atomic mass is 10.1. The van der Waals surface area contributed by atoms with Crippen LogP contribution in [0.1, 0.15) is 15.4 Å². The predicted octanol–water partition coefficient (Wildman–Crippen LogP) is 4.20. The number of hydrogen-bond donors (Lipinski definition) is 2. The molecular formula is C15H12BrN3OS. The fourth-order valence-corrected chi connectivity index (χ4v) is 3.27. The van der Waals surface area contributed by atoms with Crippen LogP contribution in [0.2, 0.25) is 0 Å². The molecule has 0 aliphatic rings. The second-order valence-corrected chi connectivity index (χ2v) is 6.75. The molecule has 0 saturated carbocycles. The average Bonchev–Trinajstić information content (AvgIpc) is 2.80. The Morgan fingerprint density at radius 1 is 1.29 bits per heavy atom. The Kier molecular flexibility index (Phi) is 3.65. The lowest BCUT2D eigenvalue weighted by molar-refractivity contribution is 0.102. The van der Waals surface area contributed by atoms with E-state index in [1.54, 1.807) is 29.5 Å². The molecule has 106 valence electrons. The highest BCUT2D eigenvalue weighted by molar-refractivity contribution is 9.10. The molecular weight excluding hydrogens is 350 g/mol. The van der Waals surface area contributed by atoms with Crippen LogP contribution in [0, 0.1) is 6.92 Å². The summed E-state index contributed by atoms with van der Waals surface area (Å²) in [6.07, 6.45) is 0. The van der Waals surface area contributed by atoms with E-state index < -0.39 is 0 Å². The minimum Gasteiger partial charge on any atom is -0.398 e. The smallest absolute Gasteiger partial charge is 0.257 e. The number of aromatic nitrogens is 1. The third kappa shape index (κ3) is 2.91. The first-order valence-electron chi connectivity index (χ1n) is 6.26. The van der Waals surface area contributed by atoms with E-state index in [-0.39, 0.29) is 5.91 Å². The fraction of sp³-hybridized carbons (Fsp3) is 0.0667. The Hall–Kier alpha value is -1.92. The topological polar surface area (TPSA) is 68.0 Å². The van der Waals surface area contributed by atoms with Crippen molar-refractivity contribution in [2.24, 2.45) is 0 Å². The van der Waals surface area contributed by atoms with Gasteiger partial charge in [-0.3, -0.25) is 4.79 Å². The molecule has 1 aromatic heterocycles. The molecule has 2 aromatic carbocycles. The molecule has 0 unspecified atom stereocenters. The molecule has 3 aromatic rings. The number of rotatable bonds is 2. The predicted molar refractivity (Wildman–Crippen MR) is 90.9 cm³/mol. The largest absolute Gasteiger partial charge is 0.398 e. The molecule has 4 nitrogen and oxygen atoms in total. The number of hydrogen-bond acceptors (Lipinski definition) is 4. The quantitative estimate of drug-likeness (QED) is 0.672. The number of benzene rings is 2. The van der Waals surface area contributed by atoms with Crippen LogP contribution in [0.4, 0.5) is 11.4 Å². The van der Waals surface area contributed by atoms with Gasteiger partial charge in [0.25, 0.3) is 5.91 Å². The highest BCUT2D eigenvalue weighted by Gasteiger charge is 2.11. The van der Waals surface area contributed by atoms with Crippen LogP contribution in [0.3, 0.4) is 0 Å². The first-order valence-corrected chi connectivity index (χ1v) is 7.87. The summed E-state index contributed by atoms with van der Waals surface area (Å²) in [4.78, 5) is 16.7. The summed E-state index contributed by atoms with van der Waals surface area (Å²) in [6.45, 7) is 1.96. The third-order valence-electron chi connectivity index (χ3n) is 3.01. The normalized spacial score (nSPS) is 10.8. The Labute approximate surface area is 134 Å². The van der Waals surface area contributed by atoms with Gasteiger partial charge in [0.2, 0.25) is 0 Å². The number of nitrogens with two attached hydrogens (primary N) is 1. The molecule has 21 heavy (non-hydrogen) atoms. The summed E-state index contributed by atoms with van der Waals surface area (Å²) in [7, 11) is 0. The van der Waals surface area contributed by atoms with Gasteiger partial charge >= 0.3 is 0 Å². The molecule has 0 saturated heterocycles. The van der Waals surface area contributed by atoms with Crippen LogP contribution in [0.5, 0.6) is 0 Å². The van der Waals surface area contributed by atoms with Crippen LogP contribution in [-0.2, 0) is 0 Å². The van der Waals surface area contributed by atoms with E-state index in [1.807, 2.05) is 25.1 Å². The standard InChI is InChI=1S/C15H12BrN3OS/c1-8-18-13-5-3-10(7-14(13)21-8)19-15(20)11-6-9(16)2-4-12(11)17/h2-7H,17H2,1H3,(H,19,20). The van der Waals surface area contributed by atoms with Gasteiger partial charge in [-0.2, -0.15) is 0 Å². The van der Waals surface area contributed by atoms with Gasteiger partial charge in [0.1, 0.15) is 0 Å². The molecule has 0 aliphatic carbocycles. The van der Waals surface area contributed by atoms with E-state index in [4.69, 9.17) is 5.73 Å². The molecule has 0 aliphatic heterocycles. The van der Waals surface area contributed by atoms with E-state index in [2.05, 4.69) is 26.2 Å². The van der Waals surface area contributed by atoms with Crippen LogP contribution in [0.25, 0.3) is 10.2 Å². The van der Waals surface area contributed by atoms with Gasteiger partial charge < -0.3 is 11.1 Å². The van der Waals surface area contributed by atoms with Crippen molar-refractivity contribution in [1.82, 2.24) is 4.98 Å². The molecule has 6 heteroatoms. The first kappa shape index (κ1) is 14.0. The van der Waals surface area contributed by atoms with Crippen molar-refractivity contribution in [3.63, 3.8) is 0 Å². The molecule has 3 rings (SSSR count). The summed E-state index contributed by atoms with van der Waals surface area (Å²) in [5, 5.41) is 3.87. The highest BCUT2D eigenvalue weighted by atomic mass is 79.9. The minimum absolute atomic E-state index is 0.227. The lowest BCUT2D eigenvalue weighted by Crippen LogP contribution is -2.13. The molecule has 0 fully saturated rings. The average molecular weight is 362 g/mol. The van der Waals surface area contributed by atoms with Gasteiger partial charge in [0, 0.05) is 15.8 Å². The molecule has 3 N–H and O–H groups in total. The van der Waals surface area contributed by atoms with E-state index in [0.29, 0.717) is 11.3 Å². The number of carbonyl (C=O) groups excluding carboxylic acids is 1. The number of nitrogens with one attached hydrogen (secondary N) is 1.